The predicted octanol–water partition coefficient (Wildman–Crippen LogP) is 2.83. The zero-order valence-electron chi connectivity index (χ0n) is 8.89. The monoisotopic (exact) mass is 228 g/mol. The molecule has 0 bridgehead atoms. The molecule has 0 amide bonds. The minimum absolute atomic E-state index is 0.128. The Balaban J connectivity index is 3.19. The van der Waals surface area contributed by atoms with Gasteiger partial charge in [-0.2, -0.15) is 13.2 Å². The van der Waals surface area contributed by atoms with E-state index in [0.29, 0.717) is 0 Å². The minimum atomic E-state index is -4.43. The van der Waals surface area contributed by atoms with Crippen molar-refractivity contribution >= 4 is 0 Å². The Morgan fingerprint density at radius 3 is 2.19 bits per heavy atom. The van der Waals surface area contributed by atoms with Gasteiger partial charge in [-0.05, 0) is 26.0 Å². The van der Waals surface area contributed by atoms with E-state index < -0.39 is 17.3 Å². The summed E-state index contributed by atoms with van der Waals surface area (Å²) in [5.41, 5.74) is -2.22. The summed E-state index contributed by atoms with van der Waals surface area (Å²) >= 11 is 0. The van der Waals surface area contributed by atoms with Gasteiger partial charge < -0.3 is 5.11 Å². The normalized spacial score (nSPS) is 11.9. The highest BCUT2D eigenvalue weighted by Gasteiger charge is 2.32. The van der Waals surface area contributed by atoms with Crippen molar-refractivity contribution in [3.63, 3.8) is 0 Å². The number of alkyl halides is 3. The lowest BCUT2D eigenvalue weighted by Crippen LogP contribution is -2.15. The molecule has 0 aromatic heterocycles. The third kappa shape index (κ3) is 3.59. The van der Waals surface area contributed by atoms with E-state index in [1.54, 1.807) is 0 Å². The fraction of sp³-hybridized carbons (Fsp3) is 0.333. The lowest BCUT2D eigenvalue weighted by Gasteiger charge is -2.09. The van der Waals surface area contributed by atoms with Gasteiger partial charge in [0.05, 0.1) is 5.56 Å². The first-order chi connectivity index (χ1) is 7.20. The lowest BCUT2D eigenvalue weighted by atomic mass is 10.1. The molecule has 0 aliphatic carbocycles. The maximum Gasteiger partial charge on any atom is 0.417 e. The number of benzene rings is 1. The molecular weight excluding hydrogens is 217 g/mol. The van der Waals surface area contributed by atoms with Gasteiger partial charge in [0.1, 0.15) is 5.60 Å². The molecule has 86 valence electrons. The Morgan fingerprint density at radius 2 is 1.69 bits per heavy atom. The van der Waals surface area contributed by atoms with Crippen LogP contribution in [0.4, 0.5) is 13.2 Å². The topological polar surface area (TPSA) is 20.2 Å². The van der Waals surface area contributed by atoms with Gasteiger partial charge in [-0.3, -0.25) is 0 Å². The first-order valence-corrected chi connectivity index (χ1v) is 4.62. The maximum absolute atomic E-state index is 12.5. The zero-order chi connectivity index (χ0) is 12.4. The predicted molar refractivity (Wildman–Crippen MR) is 54.6 cm³/mol. The summed E-state index contributed by atoms with van der Waals surface area (Å²) in [4.78, 5) is 0. The Morgan fingerprint density at radius 1 is 1.12 bits per heavy atom. The van der Waals surface area contributed by atoms with Crippen molar-refractivity contribution in [2.75, 3.05) is 0 Å². The molecule has 0 aliphatic heterocycles. The Labute approximate surface area is 91.9 Å². The molecule has 0 radical (unpaired) electrons. The first-order valence-electron chi connectivity index (χ1n) is 4.62. The summed E-state index contributed by atoms with van der Waals surface area (Å²) in [7, 11) is 0. The van der Waals surface area contributed by atoms with Crippen molar-refractivity contribution in [2.24, 2.45) is 0 Å². The molecule has 1 aromatic carbocycles. The number of hydrogen-bond donors (Lipinski definition) is 1. The van der Waals surface area contributed by atoms with Gasteiger partial charge in [-0.15, -0.1) is 0 Å². The van der Waals surface area contributed by atoms with Crippen LogP contribution in [0.1, 0.15) is 25.0 Å². The molecule has 16 heavy (non-hydrogen) atoms. The second kappa shape index (κ2) is 4.18. The van der Waals surface area contributed by atoms with E-state index in [2.05, 4.69) is 11.8 Å². The minimum Gasteiger partial charge on any atom is -0.378 e. The number of rotatable bonds is 0. The first kappa shape index (κ1) is 12.6. The summed E-state index contributed by atoms with van der Waals surface area (Å²) in [5.74, 6) is 4.70. The summed E-state index contributed by atoms with van der Waals surface area (Å²) < 4.78 is 37.6. The maximum atomic E-state index is 12.5. The van der Waals surface area contributed by atoms with E-state index in [0.717, 1.165) is 6.07 Å². The van der Waals surface area contributed by atoms with E-state index in [4.69, 9.17) is 0 Å². The third-order valence-electron chi connectivity index (χ3n) is 1.74. The molecule has 1 nitrogen and oxygen atoms in total. The van der Waals surface area contributed by atoms with E-state index in [1.165, 1.54) is 32.0 Å². The second-order valence-corrected chi connectivity index (χ2v) is 3.85. The molecular formula is C12H11F3O. The van der Waals surface area contributed by atoms with Gasteiger partial charge in [-0.1, -0.05) is 24.0 Å². The molecule has 1 aromatic rings. The van der Waals surface area contributed by atoms with Crippen LogP contribution in [-0.2, 0) is 6.18 Å². The molecule has 0 saturated heterocycles. The van der Waals surface area contributed by atoms with Gasteiger partial charge in [0.2, 0.25) is 0 Å². The lowest BCUT2D eigenvalue weighted by molar-refractivity contribution is -0.137. The quantitative estimate of drug-likeness (QED) is 0.677. The largest absolute Gasteiger partial charge is 0.417 e. The van der Waals surface area contributed by atoms with Crippen LogP contribution in [0.25, 0.3) is 0 Å². The molecule has 1 N–H and O–H groups in total. The molecule has 0 saturated carbocycles. The van der Waals surface area contributed by atoms with Crippen LogP contribution in [-0.4, -0.2) is 10.7 Å². The number of halogens is 3. The highest BCUT2D eigenvalue weighted by Crippen LogP contribution is 2.31. The fourth-order valence-electron chi connectivity index (χ4n) is 1.06. The van der Waals surface area contributed by atoms with Crippen molar-refractivity contribution in [1.29, 1.82) is 0 Å². The summed E-state index contributed by atoms with van der Waals surface area (Å²) in [6.07, 6.45) is -4.43. The smallest absolute Gasteiger partial charge is 0.378 e. The van der Waals surface area contributed by atoms with Crippen LogP contribution in [0.15, 0.2) is 24.3 Å². The van der Waals surface area contributed by atoms with E-state index in [1.807, 2.05) is 0 Å². The van der Waals surface area contributed by atoms with E-state index in [9.17, 15) is 18.3 Å². The van der Waals surface area contributed by atoms with Gasteiger partial charge in [0.15, 0.2) is 0 Å². The third-order valence-corrected chi connectivity index (χ3v) is 1.74. The van der Waals surface area contributed by atoms with Crippen molar-refractivity contribution in [1.82, 2.24) is 0 Å². The fourth-order valence-corrected chi connectivity index (χ4v) is 1.06. The molecule has 0 fully saturated rings. The van der Waals surface area contributed by atoms with Crippen molar-refractivity contribution in [3.05, 3.63) is 35.4 Å². The summed E-state index contributed by atoms with van der Waals surface area (Å²) in [6, 6.07) is 5.03. The van der Waals surface area contributed by atoms with Crippen LogP contribution in [0.5, 0.6) is 0 Å². The van der Waals surface area contributed by atoms with Gasteiger partial charge in [0.25, 0.3) is 0 Å². The molecule has 0 unspecified atom stereocenters. The SMILES string of the molecule is CC(C)(O)C#Cc1ccccc1C(F)(F)F. The standard InChI is InChI=1S/C12H11F3O/c1-11(2,16)8-7-9-5-3-4-6-10(9)12(13,14)15/h3-6,16H,1-2H3. The molecule has 0 heterocycles. The highest BCUT2D eigenvalue weighted by molar-refractivity contribution is 5.43. The van der Waals surface area contributed by atoms with Crippen LogP contribution in [0.2, 0.25) is 0 Å². The van der Waals surface area contributed by atoms with Crippen LogP contribution < -0.4 is 0 Å². The second-order valence-electron chi connectivity index (χ2n) is 3.85. The molecule has 0 atom stereocenters. The Hall–Kier alpha value is -1.47. The van der Waals surface area contributed by atoms with E-state index in [-0.39, 0.29) is 5.56 Å². The van der Waals surface area contributed by atoms with Crippen molar-refractivity contribution in [2.45, 2.75) is 25.6 Å². The van der Waals surface area contributed by atoms with Gasteiger partial charge >= 0.3 is 6.18 Å². The van der Waals surface area contributed by atoms with Crippen LogP contribution in [0, 0.1) is 11.8 Å². The number of aliphatic hydroxyl groups is 1. The Kier molecular flexibility index (Phi) is 3.30. The zero-order valence-corrected chi connectivity index (χ0v) is 8.89. The van der Waals surface area contributed by atoms with Crippen LogP contribution >= 0.6 is 0 Å². The summed E-state index contributed by atoms with van der Waals surface area (Å²) in [5, 5.41) is 9.32. The van der Waals surface area contributed by atoms with E-state index >= 15 is 0 Å². The van der Waals surface area contributed by atoms with Crippen molar-refractivity contribution in [3.8, 4) is 11.8 Å². The van der Waals surface area contributed by atoms with Gasteiger partial charge in [-0.25, -0.2) is 0 Å². The summed E-state index contributed by atoms with van der Waals surface area (Å²) in [6.45, 7) is 2.83. The van der Waals surface area contributed by atoms with Crippen molar-refractivity contribution < 1.29 is 18.3 Å². The number of hydrogen-bond acceptors (Lipinski definition) is 1. The van der Waals surface area contributed by atoms with Crippen LogP contribution in [0.3, 0.4) is 0 Å². The Bertz CT molecular complexity index is 430. The molecule has 0 spiro atoms. The molecule has 4 heteroatoms. The van der Waals surface area contributed by atoms with Gasteiger partial charge in [0, 0.05) is 5.56 Å². The highest BCUT2D eigenvalue weighted by atomic mass is 19.4. The average molecular weight is 228 g/mol. The molecule has 0 aliphatic rings. The average Bonchev–Trinajstić information content (AvgIpc) is 2.12. The molecule has 1 rings (SSSR count).